The van der Waals surface area contributed by atoms with Gasteiger partial charge >= 0.3 is 0 Å². The summed E-state index contributed by atoms with van der Waals surface area (Å²) in [5, 5.41) is 22.2. The van der Waals surface area contributed by atoms with Gasteiger partial charge in [-0.05, 0) is 32.3 Å². The Morgan fingerprint density at radius 2 is 1.55 bits per heavy atom. The average Bonchev–Trinajstić information content (AvgIpc) is 2.32. The van der Waals surface area contributed by atoms with Crippen LogP contribution in [0.5, 0.6) is 0 Å². The number of nitrogens with zero attached hydrogens (tertiary/aromatic N) is 3. The van der Waals surface area contributed by atoms with Crippen LogP contribution in [0.15, 0.2) is 18.2 Å². The number of nitro groups is 2. The predicted octanol–water partition coefficient (Wildman–Crippen LogP) is 4.15. The lowest BCUT2D eigenvalue weighted by Gasteiger charge is -2.41. The van der Waals surface area contributed by atoms with Gasteiger partial charge in [-0.2, -0.15) is 0 Å². The second-order valence-electron chi connectivity index (χ2n) is 7.50. The molecule has 0 aliphatic carbocycles. The molecular formula is C15H23N3O4. The van der Waals surface area contributed by atoms with Crippen molar-refractivity contribution in [3.63, 3.8) is 0 Å². The van der Waals surface area contributed by atoms with Crippen LogP contribution in [0.1, 0.15) is 41.5 Å². The lowest BCUT2D eigenvalue weighted by Crippen LogP contribution is -2.46. The van der Waals surface area contributed by atoms with Crippen LogP contribution in [-0.4, -0.2) is 21.9 Å². The summed E-state index contributed by atoms with van der Waals surface area (Å²) in [5.41, 5.74) is -0.552. The molecule has 0 bridgehead atoms. The van der Waals surface area contributed by atoms with Crippen molar-refractivity contribution in [3.8, 4) is 0 Å². The van der Waals surface area contributed by atoms with E-state index in [1.807, 2.05) is 46.4 Å². The number of hydrogen-bond acceptors (Lipinski definition) is 5. The summed E-state index contributed by atoms with van der Waals surface area (Å²) in [7, 11) is 0. The van der Waals surface area contributed by atoms with Crippen molar-refractivity contribution in [2.75, 3.05) is 11.4 Å². The number of rotatable bonds is 4. The van der Waals surface area contributed by atoms with E-state index >= 15 is 0 Å². The van der Waals surface area contributed by atoms with Crippen LogP contribution in [0.2, 0.25) is 0 Å². The van der Waals surface area contributed by atoms with Crippen LogP contribution in [0, 0.1) is 25.6 Å². The highest BCUT2D eigenvalue weighted by atomic mass is 16.6. The van der Waals surface area contributed by atoms with E-state index in [2.05, 4.69) is 0 Å². The maximum absolute atomic E-state index is 11.3. The molecule has 0 radical (unpaired) electrons. The van der Waals surface area contributed by atoms with Crippen LogP contribution in [0.4, 0.5) is 17.1 Å². The molecule has 0 aromatic heterocycles. The van der Waals surface area contributed by atoms with E-state index in [0.717, 1.165) is 6.07 Å². The van der Waals surface area contributed by atoms with Crippen LogP contribution in [0.25, 0.3) is 0 Å². The fourth-order valence-corrected chi connectivity index (χ4v) is 2.16. The fourth-order valence-electron chi connectivity index (χ4n) is 2.16. The van der Waals surface area contributed by atoms with Crippen molar-refractivity contribution < 1.29 is 9.85 Å². The molecular weight excluding hydrogens is 286 g/mol. The molecule has 0 atom stereocenters. The number of anilines is 1. The molecule has 0 aliphatic rings. The molecule has 0 fully saturated rings. The summed E-state index contributed by atoms with van der Waals surface area (Å²) in [5.74, 6) is 0. The molecule has 1 aromatic carbocycles. The Bertz CT molecular complexity index is 585. The topological polar surface area (TPSA) is 89.5 Å². The van der Waals surface area contributed by atoms with E-state index < -0.39 is 9.85 Å². The van der Waals surface area contributed by atoms with E-state index in [-0.39, 0.29) is 22.3 Å². The fraction of sp³-hybridized carbons (Fsp3) is 0.600. The maximum Gasteiger partial charge on any atom is 0.299 e. The minimum atomic E-state index is -0.623. The van der Waals surface area contributed by atoms with Gasteiger partial charge in [0.05, 0.1) is 15.9 Å². The molecule has 1 aromatic rings. The Hall–Kier alpha value is -2.18. The summed E-state index contributed by atoms with van der Waals surface area (Å²) in [6.45, 7) is 12.6. The molecule has 1 rings (SSSR count). The van der Waals surface area contributed by atoms with Gasteiger partial charge in [0.2, 0.25) is 0 Å². The quantitative estimate of drug-likeness (QED) is 0.615. The third kappa shape index (κ3) is 4.41. The molecule has 0 saturated carbocycles. The summed E-state index contributed by atoms with van der Waals surface area (Å²) in [6.07, 6.45) is 0. The second-order valence-corrected chi connectivity index (χ2v) is 7.50. The molecule has 22 heavy (non-hydrogen) atoms. The molecule has 7 nitrogen and oxygen atoms in total. The number of non-ortho nitro benzene ring substituents is 1. The van der Waals surface area contributed by atoms with Gasteiger partial charge in [-0.1, -0.05) is 20.8 Å². The van der Waals surface area contributed by atoms with Crippen molar-refractivity contribution in [1.29, 1.82) is 0 Å². The van der Waals surface area contributed by atoms with Crippen LogP contribution >= 0.6 is 0 Å². The first-order chi connectivity index (χ1) is 9.83. The SMILES string of the molecule is CC(C)(C)CN(c1ccc([N+](=O)[O-])cc1[N+](=O)[O-])C(C)(C)C. The molecule has 0 heterocycles. The van der Waals surface area contributed by atoms with Crippen LogP contribution in [-0.2, 0) is 0 Å². The van der Waals surface area contributed by atoms with Crippen molar-refractivity contribution in [3.05, 3.63) is 38.4 Å². The molecule has 0 amide bonds. The lowest BCUT2D eigenvalue weighted by atomic mass is 9.92. The number of nitro benzene ring substituents is 2. The molecule has 0 saturated heterocycles. The Morgan fingerprint density at radius 3 is 1.91 bits per heavy atom. The highest BCUT2D eigenvalue weighted by Gasteiger charge is 2.32. The normalized spacial score (nSPS) is 12.1. The first-order valence-corrected chi connectivity index (χ1v) is 7.03. The monoisotopic (exact) mass is 309 g/mol. The summed E-state index contributed by atoms with van der Waals surface area (Å²) >= 11 is 0. The first kappa shape index (κ1) is 17.9. The van der Waals surface area contributed by atoms with E-state index in [4.69, 9.17) is 0 Å². The van der Waals surface area contributed by atoms with Gasteiger partial charge in [-0.15, -0.1) is 0 Å². The number of hydrogen-bond donors (Lipinski definition) is 0. The van der Waals surface area contributed by atoms with Crippen molar-refractivity contribution in [2.24, 2.45) is 5.41 Å². The third-order valence-corrected chi connectivity index (χ3v) is 3.10. The Labute approximate surface area is 130 Å². The summed E-state index contributed by atoms with van der Waals surface area (Å²) in [4.78, 5) is 22.9. The van der Waals surface area contributed by atoms with Crippen molar-refractivity contribution in [1.82, 2.24) is 0 Å². The zero-order valence-corrected chi connectivity index (χ0v) is 13.9. The van der Waals surface area contributed by atoms with Crippen LogP contribution in [0.3, 0.4) is 0 Å². The lowest BCUT2D eigenvalue weighted by molar-refractivity contribution is -0.393. The highest BCUT2D eigenvalue weighted by Crippen LogP contribution is 2.37. The zero-order chi connectivity index (χ0) is 17.3. The highest BCUT2D eigenvalue weighted by molar-refractivity contribution is 5.68. The summed E-state index contributed by atoms with van der Waals surface area (Å²) < 4.78 is 0. The van der Waals surface area contributed by atoms with Gasteiger partial charge in [0.25, 0.3) is 11.4 Å². The zero-order valence-electron chi connectivity index (χ0n) is 13.9. The van der Waals surface area contributed by atoms with Gasteiger partial charge in [-0.25, -0.2) is 0 Å². The molecule has 0 spiro atoms. The van der Waals surface area contributed by atoms with E-state index in [9.17, 15) is 20.2 Å². The second kappa shape index (κ2) is 5.90. The largest absolute Gasteiger partial charge is 0.361 e. The smallest absolute Gasteiger partial charge is 0.299 e. The standard InChI is InChI=1S/C15H23N3O4/c1-14(2,3)10-16(15(4,5)6)12-8-7-11(17(19)20)9-13(12)18(21)22/h7-9H,10H2,1-6H3. The average molecular weight is 309 g/mol. The molecule has 0 N–H and O–H groups in total. The van der Waals surface area contributed by atoms with Crippen molar-refractivity contribution >= 4 is 17.1 Å². The molecule has 0 aliphatic heterocycles. The van der Waals surface area contributed by atoms with Crippen molar-refractivity contribution in [2.45, 2.75) is 47.1 Å². The van der Waals surface area contributed by atoms with E-state index in [0.29, 0.717) is 12.2 Å². The van der Waals surface area contributed by atoms with Gasteiger partial charge in [0.15, 0.2) is 0 Å². The predicted molar refractivity (Wildman–Crippen MR) is 86.3 cm³/mol. The van der Waals surface area contributed by atoms with Gasteiger partial charge in [-0.3, -0.25) is 20.2 Å². The van der Waals surface area contributed by atoms with Gasteiger partial charge in [0.1, 0.15) is 5.69 Å². The first-order valence-electron chi connectivity index (χ1n) is 7.03. The Morgan fingerprint density at radius 1 is 1.00 bits per heavy atom. The molecule has 122 valence electrons. The number of benzene rings is 1. The third-order valence-electron chi connectivity index (χ3n) is 3.10. The minimum Gasteiger partial charge on any atom is -0.361 e. The van der Waals surface area contributed by atoms with Gasteiger partial charge in [0, 0.05) is 18.2 Å². The maximum atomic E-state index is 11.3. The van der Waals surface area contributed by atoms with Gasteiger partial charge < -0.3 is 4.90 Å². The van der Waals surface area contributed by atoms with Crippen LogP contribution < -0.4 is 4.90 Å². The van der Waals surface area contributed by atoms with E-state index in [1.165, 1.54) is 12.1 Å². The molecule has 0 unspecified atom stereocenters. The Kier molecular flexibility index (Phi) is 4.79. The Balaban J connectivity index is 3.48. The summed E-state index contributed by atoms with van der Waals surface area (Å²) in [6, 6.07) is 3.80. The van der Waals surface area contributed by atoms with E-state index in [1.54, 1.807) is 0 Å². The minimum absolute atomic E-state index is 0.0804. The molecule has 7 heteroatoms.